The van der Waals surface area contributed by atoms with Crippen LogP contribution in [0.15, 0.2) is 146 Å². The van der Waals surface area contributed by atoms with Crippen LogP contribution in [0.5, 0.6) is 0 Å². The average molecular weight is 1570 g/mol. The number of esters is 3. The molecule has 0 aromatic carbocycles. The molecule has 0 aromatic rings. The number of carbonyl (C=O) groups excluding carboxylic acids is 3. The zero-order valence-corrected chi connectivity index (χ0v) is 70.5. The Hall–Kier alpha value is -4.57. The molecule has 0 amide bonds. The number of allylic oxidation sites excluding steroid dienone is 24. The maximum Gasteiger partial charge on any atom is 0.472 e. The number of aliphatic hydroxyl groups excluding tert-OH is 2. The second kappa shape index (κ2) is 82.9. The first-order valence-electron chi connectivity index (χ1n) is 43.1. The Balaban J connectivity index is 4.55. The molecule has 0 aromatic heterocycles. The standard InChI is InChI=1S/C91H156O16P2/c1-4-7-10-13-16-19-22-25-28-31-33-35-37-39-40-41-42-43-44-46-48-49-51-54-56-59-62-65-68-71-74-77-89(94)101-80-86(92)81-103-108(97,98)104-82-87(93)83-105-109(99,100)106-85-88(107-91(96)79-76-73-70-67-64-61-58-53-30-27-24-21-18-15-12-9-6-3)84-102-90(95)78-75-72-69-66-63-60-57-55-52-50-47-45-38-36-34-32-29-26-23-20-17-14-11-8-5-2/h9,12,16-21,25-30,33-36,39-40,45,47,58,61,86-88,92-93H,4-8,10-11,13-15,22-24,31-32,37-38,41-44,46,48-57,59-60,62-85H2,1-3H3,(H,97,98)(H,99,100)/b12-9-,19-16-,20-17-,21-18-,28-25-,29-26-,30-27-,35-33-,36-34-,40-39-,47-45-,61-58-. The molecule has 5 atom stereocenters. The van der Waals surface area contributed by atoms with Crippen LogP contribution in [0.3, 0.4) is 0 Å². The molecule has 0 rings (SSSR count). The van der Waals surface area contributed by atoms with E-state index in [-0.39, 0.29) is 19.3 Å². The minimum Gasteiger partial charge on any atom is -0.463 e. The molecule has 109 heavy (non-hydrogen) atoms. The van der Waals surface area contributed by atoms with Crippen LogP contribution in [0.4, 0.5) is 0 Å². The number of aliphatic hydroxyl groups is 2. The zero-order valence-electron chi connectivity index (χ0n) is 68.7. The lowest BCUT2D eigenvalue weighted by atomic mass is 10.0. The molecule has 18 heteroatoms. The number of rotatable bonds is 81. The van der Waals surface area contributed by atoms with Gasteiger partial charge in [0.15, 0.2) is 6.10 Å². The van der Waals surface area contributed by atoms with Gasteiger partial charge in [-0.05, 0) is 148 Å². The number of ether oxygens (including phenoxy) is 3. The Bertz CT molecular complexity index is 2560. The van der Waals surface area contributed by atoms with Crippen molar-refractivity contribution in [3.05, 3.63) is 146 Å². The SMILES string of the molecule is CC/C=C\C/C=C\C/C=C\C/C=C\CCCCCCC(=O)OC(COC(=O)CCCCCCCCCCC/C=C\C/C=C\C/C=C\C/C=C\CCCCC)COP(=O)(O)OCC(O)COP(=O)(O)OCC(O)COC(=O)CCCCCCCCCCCCCCCCC/C=C\C/C=C\C/C=C\C/C=C\CCCCC. The Labute approximate surface area is 664 Å². The third-order valence-electron chi connectivity index (χ3n) is 18.0. The van der Waals surface area contributed by atoms with Crippen LogP contribution < -0.4 is 0 Å². The molecule has 626 valence electrons. The lowest BCUT2D eigenvalue weighted by molar-refractivity contribution is -0.161. The number of phosphoric ester groups is 2. The Morgan fingerprint density at radius 2 is 0.486 bits per heavy atom. The lowest BCUT2D eigenvalue weighted by Gasteiger charge is -2.21. The number of phosphoric acid groups is 2. The summed E-state index contributed by atoms with van der Waals surface area (Å²) in [5, 5.41) is 20.7. The number of unbranched alkanes of at least 4 members (excludes halogenated alkanes) is 34. The summed E-state index contributed by atoms with van der Waals surface area (Å²) in [6.45, 7) is 2.50. The van der Waals surface area contributed by atoms with E-state index in [1.54, 1.807) is 0 Å². The van der Waals surface area contributed by atoms with Crippen molar-refractivity contribution in [2.45, 2.75) is 373 Å². The van der Waals surface area contributed by atoms with E-state index in [9.17, 15) is 43.5 Å². The van der Waals surface area contributed by atoms with Gasteiger partial charge in [0, 0.05) is 19.3 Å². The molecule has 0 saturated heterocycles. The van der Waals surface area contributed by atoms with E-state index in [1.807, 2.05) is 0 Å². The summed E-state index contributed by atoms with van der Waals surface area (Å²) in [5.41, 5.74) is 0. The van der Waals surface area contributed by atoms with Gasteiger partial charge in [-0.3, -0.25) is 32.5 Å². The van der Waals surface area contributed by atoms with E-state index in [0.717, 1.165) is 141 Å². The van der Waals surface area contributed by atoms with Crippen molar-refractivity contribution < 1.29 is 75.8 Å². The largest absolute Gasteiger partial charge is 0.472 e. The lowest BCUT2D eigenvalue weighted by Crippen LogP contribution is -2.30. The Kier molecular flexibility index (Phi) is 79.4. The van der Waals surface area contributed by atoms with Gasteiger partial charge >= 0.3 is 33.6 Å². The maximum atomic E-state index is 13.0. The normalized spacial score (nSPS) is 14.6. The Morgan fingerprint density at radius 3 is 0.771 bits per heavy atom. The molecule has 0 saturated carbocycles. The van der Waals surface area contributed by atoms with Crippen molar-refractivity contribution >= 4 is 33.6 Å². The molecule has 0 radical (unpaired) electrons. The molecule has 0 bridgehead atoms. The molecular weight excluding hydrogens is 1410 g/mol. The van der Waals surface area contributed by atoms with Crippen molar-refractivity contribution in [1.29, 1.82) is 0 Å². The van der Waals surface area contributed by atoms with Crippen LogP contribution >= 0.6 is 15.6 Å². The monoisotopic (exact) mass is 1570 g/mol. The van der Waals surface area contributed by atoms with Gasteiger partial charge in [0.25, 0.3) is 0 Å². The van der Waals surface area contributed by atoms with Gasteiger partial charge in [-0.2, -0.15) is 0 Å². The molecule has 0 aliphatic rings. The van der Waals surface area contributed by atoms with Gasteiger partial charge < -0.3 is 34.2 Å². The van der Waals surface area contributed by atoms with Gasteiger partial charge in [-0.15, -0.1) is 0 Å². The highest BCUT2D eigenvalue weighted by Gasteiger charge is 2.29. The van der Waals surface area contributed by atoms with Crippen molar-refractivity contribution in [2.75, 3.05) is 39.6 Å². The molecule has 0 heterocycles. The van der Waals surface area contributed by atoms with Crippen LogP contribution in [-0.4, -0.2) is 95.9 Å². The molecule has 0 fully saturated rings. The van der Waals surface area contributed by atoms with Crippen molar-refractivity contribution in [1.82, 2.24) is 0 Å². The summed E-state index contributed by atoms with van der Waals surface area (Å²) < 4.78 is 61.3. The Morgan fingerprint density at radius 1 is 0.266 bits per heavy atom. The second-order valence-corrected chi connectivity index (χ2v) is 31.5. The smallest absolute Gasteiger partial charge is 0.463 e. The maximum absolute atomic E-state index is 13.0. The summed E-state index contributed by atoms with van der Waals surface area (Å²) in [6, 6.07) is 0. The van der Waals surface area contributed by atoms with Crippen LogP contribution in [0.1, 0.15) is 355 Å². The highest BCUT2D eigenvalue weighted by molar-refractivity contribution is 7.47. The molecule has 0 spiro atoms. The fourth-order valence-corrected chi connectivity index (χ4v) is 13.1. The van der Waals surface area contributed by atoms with Crippen molar-refractivity contribution in [3.63, 3.8) is 0 Å². The summed E-state index contributed by atoms with van der Waals surface area (Å²) in [4.78, 5) is 58.8. The predicted molar refractivity (Wildman–Crippen MR) is 454 cm³/mol. The quantitative estimate of drug-likeness (QED) is 0.0146. The molecular formula is C91H156O16P2. The zero-order chi connectivity index (χ0) is 79.4. The summed E-state index contributed by atoms with van der Waals surface area (Å²) in [6.07, 6.45) is 103. The fraction of sp³-hybridized carbons (Fsp3) is 0.703. The van der Waals surface area contributed by atoms with Gasteiger partial charge in [0.05, 0.1) is 26.4 Å². The van der Waals surface area contributed by atoms with E-state index < -0.39 is 91.5 Å². The molecule has 0 aliphatic carbocycles. The number of hydrogen-bond acceptors (Lipinski definition) is 14. The summed E-state index contributed by atoms with van der Waals surface area (Å²) >= 11 is 0. The first-order chi connectivity index (χ1) is 53.2. The van der Waals surface area contributed by atoms with E-state index in [2.05, 4.69) is 167 Å². The van der Waals surface area contributed by atoms with E-state index in [4.69, 9.17) is 32.3 Å². The number of carbonyl (C=O) groups is 3. The van der Waals surface area contributed by atoms with E-state index >= 15 is 0 Å². The van der Waals surface area contributed by atoms with Crippen LogP contribution in [0.25, 0.3) is 0 Å². The molecule has 0 aliphatic heterocycles. The first kappa shape index (κ1) is 104. The summed E-state index contributed by atoms with van der Waals surface area (Å²) in [5.74, 6) is -1.61. The van der Waals surface area contributed by atoms with Crippen molar-refractivity contribution in [3.8, 4) is 0 Å². The molecule has 4 N–H and O–H groups in total. The fourth-order valence-electron chi connectivity index (χ4n) is 11.5. The third kappa shape index (κ3) is 84.2. The second-order valence-electron chi connectivity index (χ2n) is 28.6. The van der Waals surface area contributed by atoms with Gasteiger partial charge in [-0.1, -0.05) is 334 Å². The van der Waals surface area contributed by atoms with Gasteiger partial charge in [-0.25, -0.2) is 9.13 Å². The van der Waals surface area contributed by atoms with Gasteiger partial charge in [0.1, 0.15) is 25.4 Å². The minimum atomic E-state index is -4.95. The molecule has 5 unspecified atom stereocenters. The van der Waals surface area contributed by atoms with Gasteiger partial charge in [0.2, 0.25) is 0 Å². The highest BCUT2D eigenvalue weighted by Crippen LogP contribution is 2.45. The topological polar surface area (TPSA) is 231 Å². The first-order valence-corrected chi connectivity index (χ1v) is 46.1. The minimum absolute atomic E-state index is 0.0718. The average Bonchev–Trinajstić information content (AvgIpc) is 0.906. The van der Waals surface area contributed by atoms with Crippen LogP contribution in [-0.2, 0) is 55.8 Å². The molecule has 16 nitrogen and oxygen atoms in total. The van der Waals surface area contributed by atoms with Crippen molar-refractivity contribution in [2.24, 2.45) is 0 Å². The van der Waals surface area contributed by atoms with Crippen LogP contribution in [0.2, 0.25) is 0 Å². The van der Waals surface area contributed by atoms with Crippen LogP contribution in [0, 0.1) is 0 Å². The predicted octanol–water partition coefficient (Wildman–Crippen LogP) is 26.0. The summed E-state index contributed by atoms with van der Waals surface area (Å²) in [7, 11) is -9.81. The number of hydrogen-bond donors (Lipinski definition) is 4. The van der Waals surface area contributed by atoms with E-state index in [1.165, 1.54) is 154 Å². The van der Waals surface area contributed by atoms with E-state index in [0.29, 0.717) is 19.3 Å². The third-order valence-corrected chi connectivity index (χ3v) is 19.9. The highest BCUT2D eigenvalue weighted by atomic mass is 31.2.